The molecule has 1 aliphatic rings. The average molecular weight is 323 g/mol. The van der Waals surface area contributed by atoms with E-state index in [1.165, 1.54) is 11.8 Å². The van der Waals surface area contributed by atoms with Gasteiger partial charge in [-0.05, 0) is 37.0 Å². The van der Waals surface area contributed by atoms with Crippen LogP contribution in [0.3, 0.4) is 0 Å². The number of ether oxygens (including phenoxy) is 1. The monoisotopic (exact) mass is 323 g/mol. The first-order valence-electron chi connectivity index (χ1n) is 7.43. The fourth-order valence-corrected chi connectivity index (χ4v) is 3.07. The van der Waals surface area contributed by atoms with Gasteiger partial charge in [-0.15, -0.1) is 11.8 Å². The number of rotatable bonds is 8. The van der Waals surface area contributed by atoms with Gasteiger partial charge < -0.3 is 15.2 Å². The van der Waals surface area contributed by atoms with Crippen LogP contribution in [0.4, 0.5) is 5.69 Å². The van der Waals surface area contributed by atoms with Crippen molar-refractivity contribution in [1.29, 1.82) is 0 Å². The maximum absolute atomic E-state index is 11.9. The number of carboxylic acids is 1. The fraction of sp³-hybridized carbons (Fsp3) is 0.500. The molecule has 1 amide bonds. The number of carboxylic acid groups (broad SMARTS) is 1. The lowest BCUT2D eigenvalue weighted by molar-refractivity contribution is -0.133. The van der Waals surface area contributed by atoms with Crippen molar-refractivity contribution in [2.24, 2.45) is 0 Å². The topological polar surface area (TPSA) is 75.6 Å². The molecular formula is C16H21NO4S. The van der Waals surface area contributed by atoms with E-state index in [1.54, 1.807) is 0 Å². The second-order valence-electron chi connectivity index (χ2n) is 5.31. The van der Waals surface area contributed by atoms with Gasteiger partial charge in [0.2, 0.25) is 5.91 Å². The van der Waals surface area contributed by atoms with Gasteiger partial charge in [0.1, 0.15) is 0 Å². The molecule has 2 rings (SSSR count). The lowest BCUT2D eigenvalue weighted by atomic mass is 10.1. The van der Waals surface area contributed by atoms with E-state index in [9.17, 15) is 9.59 Å². The summed E-state index contributed by atoms with van der Waals surface area (Å²) in [6.45, 7) is 0.808. The molecule has 1 fully saturated rings. The van der Waals surface area contributed by atoms with E-state index in [-0.39, 0.29) is 17.8 Å². The lowest BCUT2D eigenvalue weighted by Gasteiger charge is -2.10. The number of amides is 1. The number of hydrogen-bond acceptors (Lipinski definition) is 4. The third kappa shape index (κ3) is 6.07. The van der Waals surface area contributed by atoms with Crippen LogP contribution < -0.4 is 5.32 Å². The molecule has 2 N–H and O–H groups in total. The Morgan fingerprint density at radius 2 is 2.27 bits per heavy atom. The third-order valence-electron chi connectivity index (χ3n) is 3.42. The second kappa shape index (κ2) is 8.80. The Bertz CT molecular complexity index is 515. The molecule has 1 saturated heterocycles. The van der Waals surface area contributed by atoms with Crippen molar-refractivity contribution in [3.05, 3.63) is 29.8 Å². The van der Waals surface area contributed by atoms with Crippen LogP contribution in [0.15, 0.2) is 24.3 Å². The van der Waals surface area contributed by atoms with Gasteiger partial charge in [0.15, 0.2) is 0 Å². The summed E-state index contributed by atoms with van der Waals surface area (Å²) in [5.74, 6) is -0.126. The molecule has 1 aliphatic heterocycles. The zero-order valence-corrected chi connectivity index (χ0v) is 13.2. The van der Waals surface area contributed by atoms with E-state index in [2.05, 4.69) is 5.32 Å². The molecule has 1 aromatic carbocycles. The minimum atomic E-state index is -0.816. The van der Waals surface area contributed by atoms with Gasteiger partial charge in [-0.2, -0.15) is 0 Å². The van der Waals surface area contributed by atoms with Gasteiger partial charge in [0.05, 0.1) is 11.9 Å². The molecular weight excluding hydrogens is 302 g/mol. The van der Waals surface area contributed by atoms with Crippen LogP contribution in [0.1, 0.15) is 31.2 Å². The Hall–Kier alpha value is -1.53. The summed E-state index contributed by atoms with van der Waals surface area (Å²) in [5, 5.41) is 11.5. The largest absolute Gasteiger partial charge is 0.481 e. The lowest BCUT2D eigenvalue weighted by Crippen LogP contribution is -2.15. The Labute approximate surface area is 134 Å². The van der Waals surface area contributed by atoms with E-state index in [4.69, 9.17) is 9.84 Å². The predicted molar refractivity (Wildman–Crippen MR) is 87.1 cm³/mol. The van der Waals surface area contributed by atoms with Crippen molar-refractivity contribution < 1.29 is 19.4 Å². The first-order chi connectivity index (χ1) is 10.6. The molecule has 1 heterocycles. The molecule has 0 radical (unpaired) electrons. The summed E-state index contributed by atoms with van der Waals surface area (Å²) in [7, 11) is 0. The molecule has 0 bridgehead atoms. The van der Waals surface area contributed by atoms with Gasteiger partial charge in [0.25, 0.3) is 0 Å². The number of benzene rings is 1. The highest BCUT2D eigenvalue weighted by molar-refractivity contribution is 7.99. The number of anilines is 1. The number of nitrogens with one attached hydrogen (secondary N) is 1. The SMILES string of the molecule is O=C(O)CSCc1cccc(NC(=O)CCC2CCCO2)c1. The van der Waals surface area contributed by atoms with Crippen LogP contribution in [0.2, 0.25) is 0 Å². The standard InChI is InChI=1S/C16H21NO4S/c18-15(7-6-14-5-2-8-21-14)17-13-4-1-3-12(9-13)10-22-11-16(19)20/h1,3-4,9,14H,2,5-8,10-11H2,(H,17,18)(H,19,20). The highest BCUT2D eigenvalue weighted by Crippen LogP contribution is 2.19. The summed E-state index contributed by atoms with van der Waals surface area (Å²) >= 11 is 1.34. The highest BCUT2D eigenvalue weighted by atomic mass is 32.2. The minimum absolute atomic E-state index is 0.00848. The fourth-order valence-electron chi connectivity index (χ4n) is 2.38. The Morgan fingerprint density at radius 3 is 3.00 bits per heavy atom. The highest BCUT2D eigenvalue weighted by Gasteiger charge is 2.16. The zero-order valence-electron chi connectivity index (χ0n) is 12.4. The summed E-state index contributed by atoms with van der Waals surface area (Å²) in [6.07, 6.45) is 3.58. The molecule has 0 aromatic heterocycles. The van der Waals surface area contributed by atoms with Crippen molar-refractivity contribution >= 4 is 29.3 Å². The van der Waals surface area contributed by atoms with Crippen LogP contribution in [-0.2, 0) is 20.1 Å². The van der Waals surface area contributed by atoms with Gasteiger partial charge in [-0.25, -0.2) is 0 Å². The predicted octanol–water partition coefficient (Wildman–Crippen LogP) is 2.90. The van der Waals surface area contributed by atoms with Gasteiger partial charge in [-0.3, -0.25) is 9.59 Å². The molecule has 0 saturated carbocycles. The van der Waals surface area contributed by atoms with Gasteiger partial charge in [-0.1, -0.05) is 12.1 Å². The molecule has 0 spiro atoms. The van der Waals surface area contributed by atoms with E-state index in [0.717, 1.165) is 37.1 Å². The molecule has 5 nitrogen and oxygen atoms in total. The van der Waals surface area contributed by atoms with Gasteiger partial charge >= 0.3 is 5.97 Å². The molecule has 1 unspecified atom stereocenters. The number of aliphatic carboxylic acids is 1. The number of carbonyl (C=O) groups excluding carboxylic acids is 1. The van der Waals surface area contributed by atoms with Crippen molar-refractivity contribution in [2.75, 3.05) is 17.7 Å². The molecule has 6 heteroatoms. The maximum Gasteiger partial charge on any atom is 0.313 e. The van der Waals surface area contributed by atoms with E-state index < -0.39 is 5.97 Å². The van der Waals surface area contributed by atoms with Crippen LogP contribution >= 0.6 is 11.8 Å². The van der Waals surface area contributed by atoms with Crippen molar-refractivity contribution in [2.45, 2.75) is 37.5 Å². The molecule has 1 atom stereocenters. The van der Waals surface area contributed by atoms with Crippen LogP contribution in [0.5, 0.6) is 0 Å². The summed E-state index contributed by atoms with van der Waals surface area (Å²) in [6, 6.07) is 7.53. The quantitative estimate of drug-likeness (QED) is 0.769. The molecule has 22 heavy (non-hydrogen) atoms. The minimum Gasteiger partial charge on any atom is -0.481 e. The second-order valence-corrected chi connectivity index (χ2v) is 6.29. The number of hydrogen-bond donors (Lipinski definition) is 2. The normalized spacial score (nSPS) is 17.4. The Balaban J connectivity index is 1.76. The molecule has 120 valence electrons. The van der Waals surface area contributed by atoms with Crippen molar-refractivity contribution in [1.82, 2.24) is 0 Å². The van der Waals surface area contributed by atoms with Crippen LogP contribution in [0, 0.1) is 0 Å². The smallest absolute Gasteiger partial charge is 0.313 e. The Kier molecular flexibility index (Phi) is 6.74. The van der Waals surface area contributed by atoms with E-state index >= 15 is 0 Å². The van der Waals surface area contributed by atoms with E-state index in [0.29, 0.717) is 12.2 Å². The Morgan fingerprint density at radius 1 is 1.41 bits per heavy atom. The third-order valence-corrected chi connectivity index (χ3v) is 4.41. The zero-order chi connectivity index (χ0) is 15.8. The van der Waals surface area contributed by atoms with Crippen LogP contribution in [0.25, 0.3) is 0 Å². The molecule has 0 aliphatic carbocycles. The maximum atomic E-state index is 11.9. The first kappa shape index (κ1) is 16.8. The molecule has 1 aromatic rings. The van der Waals surface area contributed by atoms with Crippen molar-refractivity contribution in [3.63, 3.8) is 0 Å². The summed E-state index contributed by atoms with van der Waals surface area (Å²) in [4.78, 5) is 22.4. The van der Waals surface area contributed by atoms with Gasteiger partial charge in [0, 0.05) is 24.5 Å². The van der Waals surface area contributed by atoms with E-state index in [1.807, 2.05) is 24.3 Å². The summed E-state index contributed by atoms with van der Waals surface area (Å²) < 4.78 is 5.51. The summed E-state index contributed by atoms with van der Waals surface area (Å²) in [5.41, 5.74) is 1.76. The first-order valence-corrected chi connectivity index (χ1v) is 8.59. The number of carbonyl (C=O) groups is 2. The van der Waals surface area contributed by atoms with Crippen molar-refractivity contribution in [3.8, 4) is 0 Å². The average Bonchev–Trinajstić information content (AvgIpc) is 2.98. The number of thioether (sulfide) groups is 1. The van der Waals surface area contributed by atoms with Crippen LogP contribution in [-0.4, -0.2) is 35.4 Å².